The topological polar surface area (TPSA) is 64.7 Å². The van der Waals surface area contributed by atoms with Crippen LogP contribution in [0.3, 0.4) is 0 Å². The average Bonchev–Trinajstić information content (AvgIpc) is 2.68. The molecule has 3 rings (SSSR count). The zero-order chi connectivity index (χ0) is 18.4. The van der Waals surface area contributed by atoms with Gasteiger partial charge in [0.1, 0.15) is 0 Å². The SMILES string of the molecule is O=C(CN1CCN(c2ccccc2)CC1)NNC(=O)c1ccccc1Br. The Labute approximate surface area is 161 Å². The van der Waals surface area contributed by atoms with Crippen molar-refractivity contribution in [2.75, 3.05) is 37.6 Å². The van der Waals surface area contributed by atoms with Crippen molar-refractivity contribution in [3.63, 3.8) is 0 Å². The monoisotopic (exact) mass is 416 g/mol. The number of anilines is 1. The number of benzene rings is 2. The third-order valence-corrected chi connectivity index (χ3v) is 4.99. The average molecular weight is 417 g/mol. The number of hydrogen-bond donors (Lipinski definition) is 2. The van der Waals surface area contributed by atoms with Gasteiger partial charge in [-0.2, -0.15) is 0 Å². The Morgan fingerprint density at radius 3 is 2.23 bits per heavy atom. The molecule has 1 fully saturated rings. The predicted octanol–water partition coefficient (Wildman–Crippen LogP) is 2.03. The summed E-state index contributed by atoms with van der Waals surface area (Å²) in [5.41, 5.74) is 6.62. The third kappa shape index (κ3) is 4.83. The highest BCUT2D eigenvalue weighted by Crippen LogP contribution is 2.16. The lowest BCUT2D eigenvalue weighted by molar-refractivity contribution is -0.123. The maximum absolute atomic E-state index is 12.1. The summed E-state index contributed by atoms with van der Waals surface area (Å²) in [5, 5.41) is 0. The van der Waals surface area contributed by atoms with E-state index in [0.29, 0.717) is 10.0 Å². The number of hydrazine groups is 1. The van der Waals surface area contributed by atoms with E-state index < -0.39 is 0 Å². The maximum Gasteiger partial charge on any atom is 0.270 e. The normalized spacial score (nSPS) is 14.7. The molecule has 26 heavy (non-hydrogen) atoms. The van der Waals surface area contributed by atoms with Crippen molar-refractivity contribution in [2.45, 2.75) is 0 Å². The molecule has 7 heteroatoms. The number of carbonyl (C=O) groups excluding carboxylic acids is 2. The zero-order valence-electron chi connectivity index (χ0n) is 14.3. The quantitative estimate of drug-likeness (QED) is 0.748. The molecule has 0 atom stereocenters. The Balaban J connectivity index is 1.42. The van der Waals surface area contributed by atoms with Crippen molar-refractivity contribution in [1.82, 2.24) is 15.8 Å². The van der Waals surface area contributed by atoms with Crippen LogP contribution in [-0.2, 0) is 4.79 Å². The molecule has 0 bridgehead atoms. The van der Waals surface area contributed by atoms with Crippen LogP contribution in [0.2, 0.25) is 0 Å². The van der Waals surface area contributed by atoms with E-state index in [4.69, 9.17) is 0 Å². The molecule has 0 aliphatic carbocycles. The number of halogens is 1. The van der Waals surface area contributed by atoms with Crippen LogP contribution in [0.15, 0.2) is 59.1 Å². The van der Waals surface area contributed by atoms with Gasteiger partial charge in [-0.3, -0.25) is 25.3 Å². The van der Waals surface area contributed by atoms with E-state index in [1.807, 2.05) is 24.3 Å². The highest BCUT2D eigenvalue weighted by molar-refractivity contribution is 9.10. The Bertz CT molecular complexity index is 761. The Hall–Kier alpha value is -2.38. The first-order valence-electron chi connectivity index (χ1n) is 8.49. The van der Waals surface area contributed by atoms with Gasteiger partial charge in [-0.15, -0.1) is 0 Å². The standard InChI is InChI=1S/C19H21BrN4O2/c20-17-9-5-4-8-16(17)19(26)22-21-18(25)14-23-10-12-24(13-11-23)15-6-2-1-3-7-15/h1-9H,10-14H2,(H,21,25)(H,22,26). The molecule has 2 N–H and O–H groups in total. The lowest BCUT2D eigenvalue weighted by atomic mass is 10.2. The molecule has 1 aliphatic heterocycles. The molecule has 2 amide bonds. The summed E-state index contributed by atoms with van der Waals surface area (Å²) < 4.78 is 0.684. The van der Waals surface area contributed by atoms with E-state index in [0.717, 1.165) is 26.2 Å². The van der Waals surface area contributed by atoms with E-state index in [2.05, 4.69) is 48.7 Å². The number of carbonyl (C=O) groups is 2. The van der Waals surface area contributed by atoms with E-state index in [1.54, 1.807) is 18.2 Å². The van der Waals surface area contributed by atoms with Crippen molar-refractivity contribution in [1.29, 1.82) is 0 Å². The van der Waals surface area contributed by atoms with Crippen molar-refractivity contribution in [2.24, 2.45) is 0 Å². The molecule has 2 aromatic carbocycles. The van der Waals surface area contributed by atoms with Crippen LogP contribution in [0.4, 0.5) is 5.69 Å². The first-order valence-corrected chi connectivity index (χ1v) is 9.29. The molecule has 0 unspecified atom stereocenters. The van der Waals surface area contributed by atoms with Crippen molar-refractivity contribution >= 4 is 33.4 Å². The molecular weight excluding hydrogens is 396 g/mol. The van der Waals surface area contributed by atoms with Crippen molar-refractivity contribution in [3.8, 4) is 0 Å². The first-order chi connectivity index (χ1) is 12.6. The van der Waals surface area contributed by atoms with Crippen LogP contribution in [0.5, 0.6) is 0 Å². The minimum Gasteiger partial charge on any atom is -0.369 e. The van der Waals surface area contributed by atoms with Gasteiger partial charge < -0.3 is 4.90 Å². The fraction of sp³-hybridized carbons (Fsp3) is 0.263. The number of amides is 2. The van der Waals surface area contributed by atoms with Gasteiger partial charge in [0.15, 0.2) is 0 Å². The lowest BCUT2D eigenvalue weighted by Gasteiger charge is -2.35. The highest BCUT2D eigenvalue weighted by atomic mass is 79.9. The number of nitrogens with zero attached hydrogens (tertiary/aromatic N) is 2. The molecule has 0 aromatic heterocycles. The molecule has 1 saturated heterocycles. The van der Waals surface area contributed by atoms with Crippen LogP contribution in [-0.4, -0.2) is 49.4 Å². The molecule has 6 nitrogen and oxygen atoms in total. The largest absolute Gasteiger partial charge is 0.369 e. The number of rotatable bonds is 4. The molecule has 136 valence electrons. The van der Waals surface area contributed by atoms with Crippen molar-refractivity contribution in [3.05, 3.63) is 64.6 Å². The molecule has 0 saturated carbocycles. The van der Waals surface area contributed by atoms with Gasteiger partial charge >= 0.3 is 0 Å². The minimum absolute atomic E-state index is 0.224. The number of para-hydroxylation sites is 1. The summed E-state index contributed by atoms with van der Waals surface area (Å²) in [4.78, 5) is 28.6. The van der Waals surface area contributed by atoms with Gasteiger partial charge in [-0.05, 0) is 40.2 Å². The number of hydrogen-bond acceptors (Lipinski definition) is 4. The molecular formula is C19H21BrN4O2. The van der Waals surface area contributed by atoms with Crippen molar-refractivity contribution < 1.29 is 9.59 Å². The number of nitrogens with one attached hydrogen (secondary N) is 2. The molecule has 0 radical (unpaired) electrons. The fourth-order valence-electron chi connectivity index (χ4n) is 2.88. The van der Waals surface area contributed by atoms with Gasteiger partial charge in [0.2, 0.25) is 0 Å². The molecule has 0 spiro atoms. The van der Waals surface area contributed by atoms with Gasteiger partial charge in [-0.1, -0.05) is 30.3 Å². The molecule has 1 heterocycles. The van der Waals surface area contributed by atoms with E-state index in [-0.39, 0.29) is 18.4 Å². The van der Waals surface area contributed by atoms with Gasteiger partial charge in [0, 0.05) is 36.3 Å². The Kier molecular flexibility index (Phi) is 6.25. The van der Waals surface area contributed by atoms with Crippen LogP contribution < -0.4 is 15.8 Å². The number of piperazine rings is 1. The zero-order valence-corrected chi connectivity index (χ0v) is 15.9. The minimum atomic E-state index is -0.347. The summed E-state index contributed by atoms with van der Waals surface area (Å²) in [5.74, 6) is -0.571. The van der Waals surface area contributed by atoms with Gasteiger partial charge in [0.25, 0.3) is 11.8 Å². The van der Waals surface area contributed by atoms with E-state index in [1.165, 1.54) is 5.69 Å². The van der Waals surface area contributed by atoms with Crippen LogP contribution >= 0.6 is 15.9 Å². The van der Waals surface area contributed by atoms with E-state index in [9.17, 15) is 9.59 Å². The Morgan fingerprint density at radius 1 is 0.885 bits per heavy atom. The highest BCUT2D eigenvalue weighted by Gasteiger charge is 2.19. The summed E-state index contributed by atoms with van der Waals surface area (Å²) in [6.45, 7) is 3.63. The second-order valence-corrected chi connectivity index (χ2v) is 6.94. The Morgan fingerprint density at radius 2 is 1.54 bits per heavy atom. The van der Waals surface area contributed by atoms with Crippen LogP contribution in [0, 0.1) is 0 Å². The summed E-state index contributed by atoms with van der Waals surface area (Å²) in [6, 6.07) is 17.3. The smallest absolute Gasteiger partial charge is 0.270 e. The molecule has 1 aliphatic rings. The second kappa shape index (κ2) is 8.82. The maximum atomic E-state index is 12.1. The van der Waals surface area contributed by atoms with Gasteiger partial charge in [0.05, 0.1) is 12.1 Å². The predicted molar refractivity (Wildman–Crippen MR) is 105 cm³/mol. The third-order valence-electron chi connectivity index (χ3n) is 4.29. The first kappa shape index (κ1) is 18.4. The summed E-state index contributed by atoms with van der Waals surface area (Å²) >= 11 is 3.32. The fourth-order valence-corrected chi connectivity index (χ4v) is 3.35. The van der Waals surface area contributed by atoms with Crippen LogP contribution in [0.25, 0.3) is 0 Å². The second-order valence-electron chi connectivity index (χ2n) is 6.08. The lowest BCUT2D eigenvalue weighted by Crippen LogP contribution is -2.52. The summed E-state index contributed by atoms with van der Waals surface area (Å²) in [7, 11) is 0. The van der Waals surface area contributed by atoms with Gasteiger partial charge in [-0.25, -0.2) is 0 Å². The summed E-state index contributed by atoms with van der Waals surface area (Å²) in [6.07, 6.45) is 0. The van der Waals surface area contributed by atoms with E-state index >= 15 is 0 Å². The van der Waals surface area contributed by atoms with Crippen LogP contribution in [0.1, 0.15) is 10.4 Å². The molecule has 2 aromatic rings.